The maximum atomic E-state index is 4.32. The first-order valence-corrected chi connectivity index (χ1v) is 3.60. The predicted molar refractivity (Wildman–Crippen MR) is 41.2 cm³/mol. The van der Waals surface area contributed by atoms with E-state index in [2.05, 4.69) is 21.7 Å². The minimum atomic E-state index is -0.0990. The highest BCUT2D eigenvalue weighted by molar-refractivity contribution is 5.75. The molecule has 2 aliphatic rings. The van der Waals surface area contributed by atoms with Crippen LogP contribution < -0.4 is 10.6 Å². The molecule has 2 rings (SSSR count). The summed E-state index contributed by atoms with van der Waals surface area (Å²) in [5, 5.41) is 6.64. The van der Waals surface area contributed by atoms with E-state index >= 15 is 0 Å². The second-order valence-corrected chi connectivity index (χ2v) is 2.67. The fourth-order valence-corrected chi connectivity index (χ4v) is 1.34. The van der Waals surface area contributed by atoms with Crippen molar-refractivity contribution < 1.29 is 0 Å². The highest BCUT2D eigenvalue weighted by atomic mass is 15.2. The Balaban J connectivity index is 2.13. The van der Waals surface area contributed by atoms with Crippen LogP contribution in [0.5, 0.6) is 0 Å². The van der Waals surface area contributed by atoms with Gasteiger partial charge in [0.25, 0.3) is 0 Å². The van der Waals surface area contributed by atoms with Gasteiger partial charge in [-0.1, -0.05) is 0 Å². The molecule has 0 aromatic carbocycles. The van der Waals surface area contributed by atoms with Gasteiger partial charge >= 0.3 is 0 Å². The van der Waals surface area contributed by atoms with Gasteiger partial charge in [0.2, 0.25) is 0 Å². The van der Waals surface area contributed by atoms with Crippen molar-refractivity contribution in [3.8, 4) is 0 Å². The third kappa shape index (κ3) is 0.874. The largest absolute Gasteiger partial charge is 0.311 e. The first-order chi connectivity index (χ1) is 4.91. The van der Waals surface area contributed by atoms with E-state index in [0.717, 1.165) is 19.6 Å². The summed E-state index contributed by atoms with van der Waals surface area (Å²) in [6, 6.07) is 0. The van der Waals surface area contributed by atoms with E-state index in [4.69, 9.17) is 0 Å². The monoisotopic (exact) mass is 137 g/mol. The molecule has 2 aliphatic heterocycles. The van der Waals surface area contributed by atoms with E-state index in [1.807, 2.05) is 12.3 Å². The van der Waals surface area contributed by atoms with Crippen LogP contribution in [0.15, 0.2) is 17.1 Å². The lowest BCUT2D eigenvalue weighted by Gasteiger charge is -2.30. The second-order valence-electron chi connectivity index (χ2n) is 2.67. The van der Waals surface area contributed by atoms with Gasteiger partial charge in [0.1, 0.15) is 5.66 Å². The summed E-state index contributed by atoms with van der Waals surface area (Å²) in [6.45, 7) is 2.97. The van der Waals surface area contributed by atoms with E-state index in [-0.39, 0.29) is 5.66 Å². The molecule has 0 amide bonds. The highest BCUT2D eigenvalue weighted by Crippen LogP contribution is 2.13. The summed E-state index contributed by atoms with van der Waals surface area (Å²) in [5.41, 5.74) is -0.0990. The zero-order valence-electron chi connectivity index (χ0n) is 5.80. The lowest BCUT2D eigenvalue weighted by atomic mass is 10.1. The van der Waals surface area contributed by atoms with Crippen molar-refractivity contribution in [3.63, 3.8) is 0 Å². The van der Waals surface area contributed by atoms with E-state index in [1.165, 1.54) is 0 Å². The van der Waals surface area contributed by atoms with Gasteiger partial charge < -0.3 is 5.32 Å². The predicted octanol–water partition coefficient (Wildman–Crippen LogP) is -0.484. The number of hydrogen-bond acceptors (Lipinski definition) is 3. The maximum Gasteiger partial charge on any atom is 0.142 e. The Hall–Kier alpha value is -0.670. The summed E-state index contributed by atoms with van der Waals surface area (Å²) in [4.78, 5) is 4.32. The fourth-order valence-electron chi connectivity index (χ4n) is 1.34. The van der Waals surface area contributed by atoms with Gasteiger partial charge in [-0.2, -0.15) is 0 Å². The maximum absolute atomic E-state index is 4.32. The molecular formula is C7H11N3. The number of rotatable bonds is 0. The van der Waals surface area contributed by atoms with Gasteiger partial charge in [0.05, 0.1) is 0 Å². The van der Waals surface area contributed by atoms with Gasteiger partial charge in [0.15, 0.2) is 0 Å². The normalized spacial score (nSPS) is 37.6. The zero-order valence-corrected chi connectivity index (χ0v) is 5.80. The minimum Gasteiger partial charge on any atom is -0.311 e. The minimum absolute atomic E-state index is 0.0990. The topological polar surface area (TPSA) is 36.4 Å². The molecule has 10 heavy (non-hydrogen) atoms. The Bertz CT molecular complexity index is 163. The summed E-state index contributed by atoms with van der Waals surface area (Å²) < 4.78 is 0. The van der Waals surface area contributed by atoms with Crippen molar-refractivity contribution >= 4 is 6.21 Å². The SMILES string of the molecule is C1=CC2(CNCCN2)N=C1. The summed E-state index contributed by atoms with van der Waals surface area (Å²) in [5.74, 6) is 0. The number of nitrogens with zero attached hydrogens (tertiary/aromatic N) is 1. The van der Waals surface area contributed by atoms with Gasteiger partial charge in [-0.3, -0.25) is 10.3 Å². The van der Waals surface area contributed by atoms with Gasteiger partial charge in [-0.15, -0.1) is 0 Å². The quantitative estimate of drug-likeness (QED) is 0.473. The molecule has 0 radical (unpaired) electrons. The number of aliphatic imine (C=N–C) groups is 1. The molecule has 1 saturated heterocycles. The highest BCUT2D eigenvalue weighted by Gasteiger charge is 2.28. The molecule has 3 nitrogen and oxygen atoms in total. The third-order valence-corrected chi connectivity index (χ3v) is 1.89. The van der Waals surface area contributed by atoms with Crippen molar-refractivity contribution in [2.24, 2.45) is 4.99 Å². The average Bonchev–Trinajstić information content (AvgIpc) is 2.39. The molecule has 1 spiro atoms. The zero-order chi connectivity index (χ0) is 6.86. The molecule has 0 aromatic heterocycles. The Kier molecular flexibility index (Phi) is 1.32. The summed E-state index contributed by atoms with van der Waals surface area (Å²) >= 11 is 0. The van der Waals surface area contributed by atoms with Crippen LogP contribution in [0.2, 0.25) is 0 Å². The van der Waals surface area contributed by atoms with E-state index < -0.39 is 0 Å². The Morgan fingerprint density at radius 3 is 3.00 bits per heavy atom. The van der Waals surface area contributed by atoms with Crippen LogP contribution >= 0.6 is 0 Å². The standard InChI is InChI=1S/C7H11N3/c1-2-7(9-3-1)6-8-4-5-10-7/h1-3,8,10H,4-6H2. The molecular weight excluding hydrogens is 126 g/mol. The number of allylic oxidation sites excluding steroid dienone is 1. The molecule has 1 unspecified atom stereocenters. The molecule has 2 N–H and O–H groups in total. The van der Waals surface area contributed by atoms with Gasteiger partial charge in [-0.05, 0) is 12.2 Å². The van der Waals surface area contributed by atoms with Gasteiger partial charge in [-0.25, -0.2) is 0 Å². The van der Waals surface area contributed by atoms with Gasteiger partial charge in [0, 0.05) is 25.8 Å². The number of nitrogens with one attached hydrogen (secondary N) is 2. The lowest BCUT2D eigenvalue weighted by molar-refractivity contribution is 0.350. The molecule has 1 atom stereocenters. The van der Waals surface area contributed by atoms with Crippen molar-refractivity contribution in [3.05, 3.63) is 12.2 Å². The van der Waals surface area contributed by atoms with Crippen molar-refractivity contribution in [2.75, 3.05) is 19.6 Å². The molecule has 3 heteroatoms. The average molecular weight is 137 g/mol. The second kappa shape index (κ2) is 2.18. The smallest absolute Gasteiger partial charge is 0.142 e. The van der Waals surface area contributed by atoms with Crippen LogP contribution in [0, 0.1) is 0 Å². The van der Waals surface area contributed by atoms with E-state index in [0.29, 0.717) is 0 Å². The van der Waals surface area contributed by atoms with Crippen LogP contribution in [-0.4, -0.2) is 31.5 Å². The molecule has 1 fully saturated rings. The molecule has 0 aromatic rings. The van der Waals surface area contributed by atoms with Crippen molar-refractivity contribution in [1.82, 2.24) is 10.6 Å². The third-order valence-electron chi connectivity index (χ3n) is 1.89. The Morgan fingerprint density at radius 2 is 2.40 bits per heavy atom. The van der Waals surface area contributed by atoms with Crippen LogP contribution in [-0.2, 0) is 0 Å². The lowest BCUT2D eigenvalue weighted by Crippen LogP contribution is -2.56. The van der Waals surface area contributed by atoms with Crippen LogP contribution in [0.4, 0.5) is 0 Å². The van der Waals surface area contributed by atoms with Crippen LogP contribution in [0.3, 0.4) is 0 Å². The van der Waals surface area contributed by atoms with Crippen molar-refractivity contribution in [1.29, 1.82) is 0 Å². The Labute approximate surface area is 60.2 Å². The summed E-state index contributed by atoms with van der Waals surface area (Å²) in [7, 11) is 0. The van der Waals surface area contributed by atoms with E-state index in [9.17, 15) is 0 Å². The Morgan fingerprint density at radius 1 is 1.40 bits per heavy atom. The molecule has 54 valence electrons. The molecule has 0 bridgehead atoms. The molecule has 2 heterocycles. The summed E-state index contributed by atoms with van der Waals surface area (Å²) in [6.07, 6.45) is 5.93. The van der Waals surface area contributed by atoms with Crippen LogP contribution in [0.25, 0.3) is 0 Å². The van der Waals surface area contributed by atoms with E-state index in [1.54, 1.807) is 0 Å². The fraction of sp³-hybridized carbons (Fsp3) is 0.571. The first kappa shape index (κ1) is 6.07. The number of hydrogen-bond donors (Lipinski definition) is 2. The molecule has 0 aliphatic carbocycles. The first-order valence-electron chi connectivity index (χ1n) is 3.60. The molecule has 0 saturated carbocycles. The van der Waals surface area contributed by atoms with Crippen molar-refractivity contribution in [2.45, 2.75) is 5.66 Å². The number of piperazine rings is 1. The van der Waals surface area contributed by atoms with Crippen LogP contribution in [0.1, 0.15) is 0 Å².